The molecule has 1 unspecified atom stereocenters. The molecule has 2 rings (SSSR count). The molecule has 0 aliphatic carbocycles. The van der Waals surface area contributed by atoms with Crippen LogP contribution in [-0.2, 0) is 16.0 Å². The molecule has 1 aliphatic rings. The van der Waals surface area contributed by atoms with Gasteiger partial charge in [0.1, 0.15) is 0 Å². The molecule has 1 aromatic rings. The van der Waals surface area contributed by atoms with Crippen molar-refractivity contribution in [2.75, 3.05) is 13.1 Å². The van der Waals surface area contributed by atoms with Gasteiger partial charge >= 0.3 is 5.97 Å². The molecule has 0 saturated carbocycles. The van der Waals surface area contributed by atoms with E-state index in [9.17, 15) is 9.59 Å². The van der Waals surface area contributed by atoms with Crippen LogP contribution >= 0.6 is 23.2 Å². The molecule has 6 heteroatoms. The monoisotopic (exact) mass is 343 g/mol. The lowest BCUT2D eigenvalue weighted by atomic mass is 9.93. The van der Waals surface area contributed by atoms with Crippen LogP contribution in [0.5, 0.6) is 0 Å². The van der Waals surface area contributed by atoms with Crippen molar-refractivity contribution in [1.29, 1.82) is 0 Å². The highest BCUT2D eigenvalue weighted by atomic mass is 35.5. The highest BCUT2D eigenvalue weighted by Gasteiger charge is 2.24. The van der Waals surface area contributed by atoms with E-state index in [-0.39, 0.29) is 24.7 Å². The average molecular weight is 344 g/mol. The molecule has 4 nitrogen and oxygen atoms in total. The van der Waals surface area contributed by atoms with Gasteiger partial charge in [0, 0.05) is 19.5 Å². The van der Waals surface area contributed by atoms with Gasteiger partial charge in [-0.1, -0.05) is 35.3 Å². The molecule has 0 aromatic heterocycles. The van der Waals surface area contributed by atoms with Gasteiger partial charge in [-0.15, -0.1) is 0 Å². The summed E-state index contributed by atoms with van der Waals surface area (Å²) in [6.45, 7) is 1.35. The zero-order valence-corrected chi connectivity index (χ0v) is 13.7. The van der Waals surface area contributed by atoms with Crippen molar-refractivity contribution in [3.63, 3.8) is 0 Å². The van der Waals surface area contributed by atoms with Crippen LogP contribution in [0, 0.1) is 5.92 Å². The van der Waals surface area contributed by atoms with Crippen LogP contribution < -0.4 is 0 Å². The maximum absolute atomic E-state index is 12.4. The Morgan fingerprint density at radius 2 is 2.09 bits per heavy atom. The summed E-state index contributed by atoms with van der Waals surface area (Å²) in [5.74, 6) is -0.498. The molecule has 1 atom stereocenters. The quantitative estimate of drug-likeness (QED) is 0.887. The van der Waals surface area contributed by atoms with Crippen molar-refractivity contribution in [2.45, 2.75) is 32.1 Å². The minimum atomic E-state index is -0.783. The van der Waals surface area contributed by atoms with Crippen molar-refractivity contribution in [3.8, 4) is 0 Å². The number of rotatable bonds is 5. The van der Waals surface area contributed by atoms with Crippen LogP contribution in [0.15, 0.2) is 18.2 Å². The maximum atomic E-state index is 12.4. The number of carboxylic acids is 1. The van der Waals surface area contributed by atoms with Crippen molar-refractivity contribution in [1.82, 2.24) is 4.90 Å². The Hall–Kier alpha value is -1.26. The number of carbonyl (C=O) groups is 2. The predicted octanol–water partition coefficient (Wildman–Crippen LogP) is 3.64. The fraction of sp³-hybridized carbons (Fsp3) is 0.500. The van der Waals surface area contributed by atoms with Gasteiger partial charge < -0.3 is 10.0 Å². The Kier molecular flexibility index (Phi) is 6.09. The van der Waals surface area contributed by atoms with Crippen LogP contribution in [0.3, 0.4) is 0 Å². The second-order valence-electron chi connectivity index (χ2n) is 5.67. The molecule has 22 heavy (non-hydrogen) atoms. The summed E-state index contributed by atoms with van der Waals surface area (Å²) in [7, 11) is 0. The molecule has 0 spiro atoms. The van der Waals surface area contributed by atoms with Crippen molar-refractivity contribution < 1.29 is 14.7 Å². The standard InChI is InChI=1S/C16H19Cl2NO3/c17-13-5-1-4-12(16(13)18)9-14(20)19-8-2-3-11(10-19)6-7-15(21)22/h1,4-5,11H,2-3,6-10H2,(H,21,22). The van der Waals surface area contributed by atoms with Gasteiger partial charge in [-0.3, -0.25) is 9.59 Å². The minimum Gasteiger partial charge on any atom is -0.481 e. The highest BCUT2D eigenvalue weighted by molar-refractivity contribution is 6.42. The first-order chi connectivity index (χ1) is 10.5. The normalized spacial score (nSPS) is 18.3. The van der Waals surface area contributed by atoms with E-state index in [4.69, 9.17) is 28.3 Å². The third-order valence-electron chi connectivity index (χ3n) is 4.01. The molecule has 1 heterocycles. The Morgan fingerprint density at radius 3 is 2.82 bits per heavy atom. The first-order valence-corrected chi connectivity index (χ1v) is 8.15. The van der Waals surface area contributed by atoms with Crippen LogP contribution in [0.2, 0.25) is 10.0 Å². The third-order valence-corrected chi connectivity index (χ3v) is 4.87. The topological polar surface area (TPSA) is 57.6 Å². The van der Waals surface area contributed by atoms with Gasteiger partial charge in [-0.05, 0) is 36.8 Å². The summed E-state index contributed by atoms with van der Waals surface area (Å²) in [4.78, 5) is 24.9. The van der Waals surface area contributed by atoms with Crippen molar-refractivity contribution in [3.05, 3.63) is 33.8 Å². The van der Waals surface area contributed by atoms with Crippen molar-refractivity contribution >= 4 is 35.1 Å². The number of carbonyl (C=O) groups excluding carboxylic acids is 1. The summed E-state index contributed by atoms with van der Waals surface area (Å²) in [5.41, 5.74) is 0.729. The van der Waals surface area contributed by atoms with Gasteiger partial charge in [0.25, 0.3) is 0 Å². The summed E-state index contributed by atoms with van der Waals surface area (Å²) < 4.78 is 0. The Labute approximate surface area is 140 Å². The Morgan fingerprint density at radius 1 is 1.32 bits per heavy atom. The van der Waals surface area contributed by atoms with E-state index in [1.807, 2.05) is 4.90 Å². The van der Waals surface area contributed by atoms with Crippen LogP contribution in [0.1, 0.15) is 31.2 Å². The molecule has 0 radical (unpaired) electrons. The third kappa shape index (κ3) is 4.62. The van der Waals surface area contributed by atoms with Crippen LogP contribution in [0.4, 0.5) is 0 Å². The van der Waals surface area contributed by atoms with E-state index < -0.39 is 5.97 Å². The number of likely N-dealkylation sites (tertiary alicyclic amines) is 1. The number of aliphatic carboxylic acids is 1. The molecule has 1 fully saturated rings. The number of carboxylic acid groups (broad SMARTS) is 1. The van der Waals surface area contributed by atoms with E-state index >= 15 is 0 Å². The van der Waals surface area contributed by atoms with Crippen LogP contribution in [0.25, 0.3) is 0 Å². The Balaban J connectivity index is 1.94. The van der Waals surface area contributed by atoms with Gasteiger partial charge in [-0.2, -0.15) is 0 Å². The largest absolute Gasteiger partial charge is 0.481 e. The second kappa shape index (κ2) is 7.84. The maximum Gasteiger partial charge on any atom is 0.303 e. The number of nitrogens with zero attached hydrogens (tertiary/aromatic N) is 1. The summed E-state index contributed by atoms with van der Waals surface area (Å²) in [6.07, 6.45) is 2.91. The summed E-state index contributed by atoms with van der Waals surface area (Å²) in [6, 6.07) is 5.28. The molecule has 0 bridgehead atoms. The summed E-state index contributed by atoms with van der Waals surface area (Å²) >= 11 is 12.1. The lowest BCUT2D eigenvalue weighted by Gasteiger charge is -2.32. The number of hydrogen-bond donors (Lipinski definition) is 1. The lowest BCUT2D eigenvalue weighted by molar-refractivity contribution is -0.137. The minimum absolute atomic E-state index is 0.0178. The van der Waals surface area contributed by atoms with E-state index in [2.05, 4.69) is 0 Å². The average Bonchev–Trinajstić information content (AvgIpc) is 2.50. The van der Waals surface area contributed by atoms with Gasteiger partial charge in [-0.25, -0.2) is 0 Å². The number of benzene rings is 1. The molecular weight excluding hydrogens is 325 g/mol. The number of halogens is 2. The van der Waals surface area contributed by atoms with Crippen LogP contribution in [-0.4, -0.2) is 35.0 Å². The number of piperidine rings is 1. The number of amides is 1. The van der Waals surface area contributed by atoms with E-state index in [0.29, 0.717) is 23.0 Å². The van der Waals surface area contributed by atoms with Gasteiger partial charge in [0.15, 0.2) is 0 Å². The zero-order valence-electron chi connectivity index (χ0n) is 12.2. The second-order valence-corrected chi connectivity index (χ2v) is 6.46. The molecular formula is C16H19Cl2NO3. The zero-order chi connectivity index (χ0) is 16.1. The van der Waals surface area contributed by atoms with Crippen molar-refractivity contribution in [2.24, 2.45) is 5.92 Å². The first-order valence-electron chi connectivity index (χ1n) is 7.40. The number of hydrogen-bond acceptors (Lipinski definition) is 2. The molecule has 1 aromatic carbocycles. The fourth-order valence-corrected chi connectivity index (χ4v) is 3.20. The lowest BCUT2D eigenvalue weighted by Crippen LogP contribution is -2.40. The fourth-order valence-electron chi connectivity index (χ4n) is 2.81. The Bertz CT molecular complexity index is 562. The van der Waals surface area contributed by atoms with E-state index in [1.165, 1.54) is 0 Å². The van der Waals surface area contributed by atoms with E-state index in [0.717, 1.165) is 24.9 Å². The molecule has 120 valence electrons. The SMILES string of the molecule is O=C(O)CCC1CCCN(C(=O)Cc2cccc(Cl)c2Cl)C1. The highest BCUT2D eigenvalue weighted by Crippen LogP contribution is 2.27. The predicted molar refractivity (Wildman–Crippen MR) is 86.3 cm³/mol. The summed E-state index contributed by atoms with van der Waals surface area (Å²) in [5, 5.41) is 9.64. The van der Waals surface area contributed by atoms with Gasteiger partial charge in [0.2, 0.25) is 5.91 Å². The van der Waals surface area contributed by atoms with E-state index in [1.54, 1.807) is 18.2 Å². The molecule has 1 N–H and O–H groups in total. The first kappa shape index (κ1) is 17.1. The molecule has 1 aliphatic heterocycles. The molecule has 1 saturated heterocycles. The smallest absolute Gasteiger partial charge is 0.303 e. The van der Waals surface area contributed by atoms with Gasteiger partial charge in [0.05, 0.1) is 16.5 Å². The molecule has 1 amide bonds.